The number of nitrogens with two attached hydrogens (primary N) is 1. The summed E-state index contributed by atoms with van der Waals surface area (Å²) in [7, 11) is 0. The Kier molecular flexibility index (Phi) is 5.15. The van der Waals surface area contributed by atoms with Gasteiger partial charge < -0.3 is 21.1 Å². The number of carbonyl (C=O) groups excluding carboxylic acids is 2. The number of hydrogen-bond donors (Lipinski definition) is 3. The standard InChI is InChI=1S/C13H23N3O3/c14-9-1-3-10(4-2-9)19-8-7-15-13(18)11-5-6-12(17)16-11/h9-11H,1-8,14H2,(H,15,18)(H,16,17). The van der Waals surface area contributed by atoms with Crippen LogP contribution in [0, 0.1) is 0 Å². The van der Waals surface area contributed by atoms with E-state index in [1.54, 1.807) is 0 Å². The van der Waals surface area contributed by atoms with Crippen LogP contribution in [-0.2, 0) is 14.3 Å². The van der Waals surface area contributed by atoms with E-state index in [2.05, 4.69) is 10.6 Å². The molecule has 2 amide bonds. The molecule has 2 rings (SSSR count). The molecule has 6 heteroatoms. The van der Waals surface area contributed by atoms with Crippen LogP contribution in [0.1, 0.15) is 38.5 Å². The second kappa shape index (κ2) is 6.86. The van der Waals surface area contributed by atoms with Crippen molar-refractivity contribution < 1.29 is 14.3 Å². The Hall–Kier alpha value is -1.14. The van der Waals surface area contributed by atoms with E-state index in [1.165, 1.54) is 0 Å². The zero-order chi connectivity index (χ0) is 13.7. The van der Waals surface area contributed by atoms with Gasteiger partial charge in [0.1, 0.15) is 6.04 Å². The van der Waals surface area contributed by atoms with Gasteiger partial charge in [0.05, 0.1) is 12.7 Å². The van der Waals surface area contributed by atoms with Crippen molar-refractivity contribution in [3.8, 4) is 0 Å². The summed E-state index contributed by atoms with van der Waals surface area (Å²) >= 11 is 0. The fraction of sp³-hybridized carbons (Fsp3) is 0.846. The molecule has 108 valence electrons. The van der Waals surface area contributed by atoms with E-state index in [9.17, 15) is 9.59 Å². The normalized spacial score (nSPS) is 31.0. The molecule has 1 saturated heterocycles. The fourth-order valence-corrected chi connectivity index (χ4v) is 2.59. The van der Waals surface area contributed by atoms with Crippen molar-refractivity contribution in [2.45, 2.75) is 56.7 Å². The summed E-state index contributed by atoms with van der Waals surface area (Å²) in [6, 6.07) is -0.0364. The fourth-order valence-electron chi connectivity index (χ4n) is 2.59. The van der Waals surface area contributed by atoms with Crippen molar-refractivity contribution in [2.24, 2.45) is 5.73 Å². The third kappa shape index (κ3) is 4.47. The minimum atomic E-state index is -0.361. The molecule has 1 saturated carbocycles. The van der Waals surface area contributed by atoms with Crippen LogP contribution in [0.4, 0.5) is 0 Å². The molecule has 0 aromatic rings. The first-order valence-corrected chi connectivity index (χ1v) is 7.09. The Morgan fingerprint density at radius 3 is 2.68 bits per heavy atom. The maximum atomic E-state index is 11.7. The number of nitrogens with one attached hydrogen (secondary N) is 2. The van der Waals surface area contributed by atoms with Gasteiger partial charge in [0, 0.05) is 19.0 Å². The molecule has 0 aromatic carbocycles. The molecule has 0 spiro atoms. The highest BCUT2D eigenvalue weighted by Gasteiger charge is 2.26. The van der Waals surface area contributed by atoms with Gasteiger partial charge in [-0.3, -0.25) is 9.59 Å². The van der Waals surface area contributed by atoms with Crippen LogP contribution in [0.3, 0.4) is 0 Å². The van der Waals surface area contributed by atoms with E-state index >= 15 is 0 Å². The summed E-state index contributed by atoms with van der Waals surface area (Å²) < 4.78 is 5.71. The van der Waals surface area contributed by atoms with E-state index in [4.69, 9.17) is 10.5 Å². The molecule has 2 aliphatic rings. The zero-order valence-corrected chi connectivity index (χ0v) is 11.2. The largest absolute Gasteiger partial charge is 0.376 e. The quantitative estimate of drug-likeness (QED) is 0.596. The summed E-state index contributed by atoms with van der Waals surface area (Å²) in [6.07, 6.45) is 5.36. The molecule has 4 N–H and O–H groups in total. The van der Waals surface area contributed by atoms with Crippen molar-refractivity contribution in [1.82, 2.24) is 10.6 Å². The number of hydrogen-bond acceptors (Lipinski definition) is 4. The Labute approximate surface area is 113 Å². The highest BCUT2D eigenvalue weighted by atomic mass is 16.5. The maximum absolute atomic E-state index is 11.7. The van der Waals surface area contributed by atoms with Crippen molar-refractivity contribution in [3.05, 3.63) is 0 Å². The Morgan fingerprint density at radius 2 is 2.05 bits per heavy atom. The van der Waals surface area contributed by atoms with Gasteiger partial charge in [0.15, 0.2) is 0 Å². The minimum absolute atomic E-state index is 0.0463. The second-order valence-corrected chi connectivity index (χ2v) is 5.36. The summed E-state index contributed by atoms with van der Waals surface area (Å²) in [4.78, 5) is 22.7. The molecule has 19 heavy (non-hydrogen) atoms. The Morgan fingerprint density at radius 1 is 1.32 bits per heavy atom. The van der Waals surface area contributed by atoms with Gasteiger partial charge in [-0.25, -0.2) is 0 Å². The lowest BCUT2D eigenvalue weighted by molar-refractivity contribution is -0.126. The van der Waals surface area contributed by atoms with Crippen LogP contribution in [0.5, 0.6) is 0 Å². The minimum Gasteiger partial charge on any atom is -0.376 e. The van der Waals surface area contributed by atoms with Crippen molar-refractivity contribution in [3.63, 3.8) is 0 Å². The van der Waals surface area contributed by atoms with Crippen LogP contribution >= 0.6 is 0 Å². The van der Waals surface area contributed by atoms with Gasteiger partial charge in [-0.15, -0.1) is 0 Å². The molecular weight excluding hydrogens is 246 g/mol. The van der Waals surface area contributed by atoms with Gasteiger partial charge in [0.25, 0.3) is 0 Å². The predicted octanol–water partition coefficient (Wildman–Crippen LogP) is -0.332. The van der Waals surface area contributed by atoms with Crippen LogP contribution in [0.25, 0.3) is 0 Å². The average Bonchev–Trinajstić information content (AvgIpc) is 2.83. The lowest BCUT2D eigenvalue weighted by Gasteiger charge is -2.26. The van der Waals surface area contributed by atoms with Crippen molar-refractivity contribution in [1.29, 1.82) is 0 Å². The van der Waals surface area contributed by atoms with E-state index in [-0.39, 0.29) is 24.0 Å². The molecule has 0 bridgehead atoms. The lowest BCUT2D eigenvalue weighted by atomic mass is 9.94. The highest BCUT2D eigenvalue weighted by Crippen LogP contribution is 2.19. The predicted molar refractivity (Wildman–Crippen MR) is 70.4 cm³/mol. The topological polar surface area (TPSA) is 93.4 Å². The first-order chi connectivity index (χ1) is 9.15. The van der Waals surface area contributed by atoms with Gasteiger partial charge in [-0.05, 0) is 32.1 Å². The zero-order valence-electron chi connectivity index (χ0n) is 11.2. The monoisotopic (exact) mass is 269 g/mol. The van der Waals surface area contributed by atoms with Crippen LogP contribution < -0.4 is 16.4 Å². The lowest BCUT2D eigenvalue weighted by Crippen LogP contribution is -2.43. The van der Waals surface area contributed by atoms with Crippen molar-refractivity contribution in [2.75, 3.05) is 13.2 Å². The molecule has 1 heterocycles. The molecule has 1 aliphatic heterocycles. The van der Waals surface area contributed by atoms with E-state index in [0.717, 1.165) is 25.7 Å². The van der Waals surface area contributed by atoms with Gasteiger partial charge in [0.2, 0.25) is 11.8 Å². The van der Waals surface area contributed by atoms with E-state index < -0.39 is 0 Å². The molecule has 6 nitrogen and oxygen atoms in total. The molecular formula is C13H23N3O3. The van der Waals surface area contributed by atoms with E-state index in [1.807, 2.05) is 0 Å². The third-order valence-electron chi connectivity index (χ3n) is 3.79. The smallest absolute Gasteiger partial charge is 0.242 e. The van der Waals surface area contributed by atoms with Crippen LogP contribution in [0.15, 0.2) is 0 Å². The molecule has 1 aliphatic carbocycles. The summed E-state index contributed by atoms with van der Waals surface area (Å²) in [5, 5.41) is 5.43. The average molecular weight is 269 g/mol. The van der Waals surface area contributed by atoms with Crippen LogP contribution in [-0.4, -0.2) is 43.2 Å². The van der Waals surface area contributed by atoms with Crippen LogP contribution in [0.2, 0.25) is 0 Å². The Bertz CT molecular complexity index is 327. The number of carbonyl (C=O) groups is 2. The van der Waals surface area contributed by atoms with Gasteiger partial charge in [-0.2, -0.15) is 0 Å². The summed E-state index contributed by atoms with van der Waals surface area (Å²) in [6.45, 7) is 1.01. The molecule has 2 fully saturated rings. The summed E-state index contributed by atoms with van der Waals surface area (Å²) in [5.74, 6) is -0.157. The second-order valence-electron chi connectivity index (χ2n) is 5.36. The molecule has 1 atom stereocenters. The first-order valence-electron chi connectivity index (χ1n) is 7.09. The maximum Gasteiger partial charge on any atom is 0.242 e. The Balaban J connectivity index is 1.54. The van der Waals surface area contributed by atoms with Crippen molar-refractivity contribution >= 4 is 11.8 Å². The molecule has 1 unspecified atom stereocenters. The van der Waals surface area contributed by atoms with E-state index in [0.29, 0.717) is 32.0 Å². The van der Waals surface area contributed by atoms with Gasteiger partial charge in [-0.1, -0.05) is 0 Å². The molecule has 0 aromatic heterocycles. The van der Waals surface area contributed by atoms with Gasteiger partial charge >= 0.3 is 0 Å². The third-order valence-corrected chi connectivity index (χ3v) is 3.79. The molecule has 0 radical (unpaired) electrons. The number of amides is 2. The SMILES string of the molecule is NC1CCC(OCCNC(=O)C2CCC(=O)N2)CC1. The number of rotatable bonds is 5. The highest BCUT2D eigenvalue weighted by molar-refractivity contribution is 5.90. The first kappa shape index (κ1) is 14.3. The number of ether oxygens (including phenoxy) is 1. The summed E-state index contributed by atoms with van der Waals surface area (Å²) in [5.41, 5.74) is 5.83.